The lowest BCUT2D eigenvalue weighted by atomic mass is 9.47. The molecule has 3 aromatic carbocycles. The Morgan fingerprint density at radius 3 is 1.95 bits per heavy atom. The van der Waals surface area contributed by atoms with Gasteiger partial charge in [0.05, 0.1) is 39.1 Å². The van der Waals surface area contributed by atoms with Gasteiger partial charge in [0, 0.05) is 110 Å². The quantitative estimate of drug-likeness (QED) is 0.0145. The minimum absolute atomic E-state index is 0.0770. The Bertz CT molecular complexity index is 4140. The van der Waals surface area contributed by atoms with E-state index >= 15 is 9.59 Å². The number of anilines is 1. The van der Waals surface area contributed by atoms with E-state index in [4.69, 9.17) is 26.7 Å². The average molecular weight is 1560 g/mol. The number of methoxy groups -OCH3 is 2. The van der Waals surface area contributed by atoms with Gasteiger partial charge in [0.2, 0.25) is 41.4 Å². The van der Waals surface area contributed by atoms with E-state index in [2.05, 4.69) is 57.3 Å². The van der Waals surface area contributed by atoms with Crippen LogP contribution in [0.3, 0.4) is 0 Å². The highest BCUT2D eigenvalue weighted by Crippen LogP contribution is 2.68. The summed E-state index contributed by atoms with van der Waals surface area (Å²) in [5.74, 6) is -8.08. The van der Waals surface area contributed by atoms with Gasteiger partial charge in [0.25, 0.3) is 5.91 Å². The van der Waals surface area contributed by atoms with Crippen LogP contribution in [0.5, 0.6) is 11.5 Å². The first-order chi connectivity index (χ1) is 53.5. The maximum Gasteiger partial charge on any atom is 0.322 e. The molecule has 2 unspecified atom stereocenters. The Hall–Kier alpha value is -9.48. The first kappa shape index (κ1) is 85.0. The number of likely N-dealkylation sites (N-methyl/N-ethyl adjacent to an activating group) is 1. The number of nitrogens with one attached hydrogen (secondary N) is 9. The summed E-state index contributed by atoms with van der Waals surface area (Å²) in [6, 6.07) is 5.62. The number of para-hydroxylation sites is 1. The predicted octanol–water partition coefficient (Wildman–Crippen LogP) is -1.15. The molecule has 6 aliphatic rings. The van der Waals surface area contributed by atoms with Crippen LogP contribution in [0.25, 0.3) is 10.9 Å². The molecule has 3 fully saturated rings. The maximum atomic E-state index is 15.7. The van der Waals surface area contributed by atoms with Gasteiger partial charge >= 0.3 is 12.0 Å². The molecule has 33 heteroatoms. The topological polar surface area (TPSA) is 510 Å². The number of aromatic nitrogens is 1. The second kappa shape index (κ2) is 36.1. The number of nitrogens with zero attached hydrogens (tertiary/aromatic N) is 3. The third-order valence-corrected chi connectivity index (χ3v) is 24.2. The molecular weight excluding hydrogens is 1450 g/mol. The monoisotopic (exact) mass is 1560 g/mol. The summed E-state index contributed by atoms with van der Waals surface area (Å²) in [6.45, 7) is 6.53. The summed E-state index contributed by atoms with van der Waals surface area (Å²) in [5.41, 5.74) is 13.8. The minimum atomic E-state index is -2.53. The van der Waals surface area contributed by atoms with Gasteiger partial charge in [-0.15, -0.1) is 0 Å². The number of ether oxygens (including phenoxy) is 2. The minimum Gasteiger partial charge on any atom is -0.508 e. The number of amides is 10. The van der Waals surface area contributed by atoms with Crippen molar-refractivity contribution in [2.45, 2.75) is 200 Å². The molecule has 4 aromatic rings. The highest BCUT2D eigenvalue weighted by atomic mass is 16.5. The van der Waals surface area contributed by atoms with E-state index in [1.165, 1.54) is 31.4 Å². The number of phenolic OH excluding ortho intramolecular Hbond substituents is 1. The van der Waals surface area contributed by atoms with E-state index in [1.807, 2.05) is 74.2 Å². The molecule has 10 rings (SSSR count). The van der Waals surface area contributed by atoms with E-state index in [0.717, 1.165) is 22.0 Å². The molecule has 112 heavy (non-hydrogen) atoms. The van der Waals surface area contributed by atoms with Crippen molar-refractivity contribution < 1.29 is 88.1 Å². The number of hydrogen-bond donors (Lipinski definition) is 18. The molecule has 1 aromatic heterocycles. The Balaban J connectivity index is 0.834. The molecule has 21 N–H and O–H groups in total. The number of fused-ring (bicyclic) bond motifs is 6. The molecule has 6 heterocycles. The number of aliphatic hydroxyl groups excluding tert-OH is 3. The van der Waals surface area contributed by atoms with Gasteiger partial charge in [-0.25, -0.2) is 4.79 Å². The zero-order chi connectivity index (χ0) is 81.2. The summed E-state index contributed by atoms with van der Waals surface area (Å²) in [7, 11) is 4.73. The van der Waals surface area contributed by atoms with E-state index in [-0.39, 0.29) is 63.4 Å². The lowest BCUT2D eigenvalue weighted by molar-refractivity contribution is -0.203. The summed E-state index contributed by atoms with van der Waals surface area (Å²) in [5, 5.41) is 91.3. The SMILES string of the molecule is CCCC[C@H](NC(=O)[C@H](CO)NC(=O)[C@H](CO)NC(=O)[C@H](CCC(N)=O)NC(=O)[C@H](Cc1ccc(O)cc1)NC(=O)[C@H](CCCCN)NC(N)=O)C(=O)NCCCNC(=O)[C@]1(O)[C@@H]2N(C)c3cc(OC)c([C@@]4(C(=O)OC)C[C@@H]5CN(CCc6c4[nH]c4ccccc64)C[C@](O)(CC)C5)cc3C23CCN2CC=C[C@](CC)([C@H]23)[C@H]1O. The molecular formula is C79H113N15O18. The average Bonchev–Trinajstić information content (AvgIpc) is 1.47. The number of nitrogens with two attached hydrogens (primary N) is 3. The van der Waals surface area contributed by atoms with Crippen LogP contribution in [-0.2, 0) is 71.6 Å². The number of aromatic amines is 1. The number of esters is 1. The van der Waals surface area contributed by atoms with Gasteiger partial charge in [-0.3, -0.25) is 53.0 Å². The number of benzene rings is 3. The van der Waals surface area contributed by atoms with Crippen LogP contribution < -0.4 is 69.4 Å². The molecule has 0 radical (unpaired) electrons. The molecule has 33 nitrogen and oxygen atoms in total. The number of unbranched alkanes of at least 4 members (excludes halogenated alkanes) is 2. The summed E-state index contributed by atoms with van der Waals surface area (Å²) in [4.78, 5) is 149. The standard InChI is InChI=1S/C79H113N15O18/c1-7-10-18-53(86-67(103)57(42-95)90-68(104)58(43-96)89-65(101)55(25-26-61(81)98)87-66(102)56(36-45-21-23-47(97)24-22-45)88-64(100)54(91-74(82)108)20-13-14-30-80)63(99)83-31-16-32-84-72(106)79(110)70-77(29-35-94-33-15-28-76(9-3,69(77)94)71(79)105)50-37-51(60(111-5)38-59(50)92(70)4)78(73(107)112-6)40-46-39-75(109,8-2)44-93(41-46)34-27-49-48-17-11-12-19-52(48)85-62(49)78/h11-12,15,17,19,21-24,28,37-38,46,53-58,69-71,85,95-97,105,109-110H,7-10,13-14,16,18,20,25-27,29-36,39-44,80H2,1-6H3,(H2,81,98)(H,83,99)(H,84,106)(H,86,103)(H,87,102)(H,88,100)(H,89,101)(H,90,104)(H3,82,91,108)/t46-,53+,54+,55+,56+,57+,58+,69+,70-,71-,75+,76-,77?,78+,79+/m1/s1. The van der Waals surface area contributed by atoms with Crippen LogP contribution in [0, 0.1) is 11.3 Å². The first-order valence-electron chi connectivity index (χ1n) is 39.0. The number of rotatable bonds is 36. The van der Waals surface area contributed by atoms with Crippen molar-refractivity contribution >= 4 is 75.8 Å². The number of aromatic hydroxyl groups is 1. The molecule has 16 atom stereocenters. The zero-order valence-corrected chi connectivity index (χ0v) is 64.7. The zero-order valence-electron chi connectivity index (χ0n) is 64.7. The first-order valence-corrected chi connectivity index (χ1v) is 39.0. The normalized spacial score (nSPS) is 26.4. The fourth-order valence-electron chi connectivity index (χ4n) is 18.8. The highest BCUT2D eigenvalue weighted by Gasteiger charge is 2.79. The van der Waals surface area contributed by atoms with Crippen molar-refractivity contribution in [2.75, 3.05) is 91.7 Å². The predicted molar refractivity (Wildman–Crippen MR) is 413 cm³/mol. The molecule has 10 amide bonds. The number of phenols is 1. The number of H-pyrrole nitrogens is 1. The van der Waals surface area contributed by atoms with Gasteiger partial charge in [-0.1, -0.05) is 76.1 Å². The van der Waals surface area contributed by atoms with Crippen LogP contribution in [0.1, 0.15) is 139 Å². The lowest BCUT2D eigenvalue weighted by Crippen LogP contribution is -2.81. The van der Waals surface area contributed by atoms with E-state index < -0.39 is 167 Å². The second-order valence-electron chi connectivity index (χ2n) is 31.1. The third kappa shape index (κ3) is 16.9. The van der Waals surface area contributed by atoms with E-state index in [1.54, 1.807) is 14.2 Å². The highest BCUT2D eigenvalue weighted by molar-refractivity contribution is 5.99. The van der Waals surface area contributed by atoms with Crippen LogP contribution in [0.2, 0.25) is 0 Å². The van der Waals surface area contributed by atoms with Crippen molar-refractivity contribution in [1.29, 1.82) is 0 Å². The Labute approximate surface area is 651 Å². The van der Waals surface area contributed by atoms with Gasteiger partial charge < -0.3 is 110 Å². The fourth-order valence-corrected chi connectivity index (χ4v) is 18.8. The number of primary amides is 2. The molecule has 2 bridgehead atoms. The number of carbonyl (C=O) groups is 10. The number of aliphatic hydroxyl groups is 5. The molecule has 1 saturated carbocycles. The third-order valence-electron chi connectivity index (χ3n) is 24.2. The number of hydrogen-bond acceptors (Lipinski definition) is 22. The van der Waals surface area contributed by atoms with Crippen LogP contribution in [0.4, 0.5) is 10.5 Å². The number of urea groups is 1. The van der Waals surface area contributed by atoms with Crippen molar-refractivity contribution in [3.05, 3.63) is 101 Å². The number of carbonyl (C=O) groups excluding carboxylic acids is 10. The van der Waals surface area contributed by atoms with Crippen molar-refractivity contribution in [1.82, 2.24) is 57.3 Å². The largest absolute Gasteiger partial charge is 0.508 e. The van der Waals surface area contributed by atoms with Gasteiger partial charge in [-0.05, 0) is 137 Å². The second-order valence-corrected chi connectivity index (χ2v) is 31.1. The van der Waals surface area contributed by atoms with Crippen LogP contribution in [-0.4, -0.2) is 257 Å². The Kier molecular flexibility index (Phi) is 27.4. The molecule has 1 spiro atoms. The number of piperidine rings is 1. The summed E-state index contributed by atoms with van der Waals surface area (Å²) < 4.78 is 12.5. The van der Waals surface area contributed by atoms with E-state index in [0.29, 0.717) is 119 Å². The van der Waals surface area contributed by atoms with Crippen LogP contribution >= 0.6 is 0 Å². The lowest BCUT2D eigenvalue weighted by Gasteiger charge is -2.63. The van der Waals surface area contributed by atoms with Crippen molar-refractivity contribution in [3.8, 4) is 11.5 Å². The van der Waals surface area contributed by atoms with Crippen molar-refractivity contribution in [3.63, 3.8) is 0 Å². The van der Waals surface area contributed by atoms with Gasteiger partial charge in [0.1, 0.15) is 59.3 Å². The summed E-state index contributed by atoms with van der Waals surface area (Å²) >= 11 is 0. The van der Waals surface area contributed by atoms with Gasteiger partial charge in [-0.2, -0.15) is 0 Å². The van der Waals surface area contributed by atoms with Gasteiger partial charge in [0.15, 0.2) is 5.60 Å². The molecule has 1 aliphatic carbocycles. The molecule has 5 aliphatic heterocycles. The maximum absolute atomic E-state index is 15.7. The Morgan fingerprint density at radius 2 is 1.32 bits per heavy atom. The summed E-state index contributed by atoms with van der Waals surface area (Å²) in [6.07, 6.45) is 5.68. The Morgan fingerprint density at radius 1 is 0.696 bits per heavy atom. The molecule has 612 valence electrons. The molecule has 2 saturated heterocycles. The van der Waals surface area contributed by atoms with E-state index in [9.17, 15) is 69.0 Å². The van der Waals surface area contributed by atoms with Crippen molar-refractivity contribution in [2.24, 2.45) is 28.5 Å². The smallest absolute Gasteiger partial charge is 0.322 e. The van der Waals surface area contributed by atoms with Crippen LogP contribution in [0.15, 0.2) is 72.8 Å². The fraction of sp³-hybridized carbons (Fsp3) is 0.595.